The number of allylic oxidation sites excluding steroid dienone is 4. The van der Waals surface area contributed by atoms with Gasteiger partial charge in [-0.3, -0.25) is 9.59 Å². The zero-order valence-corrected chi connectivity index (χ0v) is 26.9. The Kier molecular flexibility index (Phi) is 25.3. The van der Waals surface area contributed by atoms with Crippen LogP contribution in [0, 0.1) is 0 Å². The van der Waals surface area contributed by atoms with Crippen LogP contribution < -0.4 is 0 Å². The lowest BCUT2D eigenvalue weighted by Gasteiger charge is -2.15. The first-order chi connectivity index (χ1) is 20.6. The lowest BCUT2D eigenvalue weighted by atomic mass is 10.1. The van der Waals surface area contributed by atoms with Crippen LogP contribution in [0.2, 0.25) is 0 Å². The van der Waals surface area contributed by atoms with Gasteiger partial charge < -0.3 is 19.3 Å². The Labute approximate surface area is 257 Å². The summed E-state index contributed by atoms with van der Waals surface area (Å²) >= 11 is 0. The molecule has 1 rings (SSSR count). The van der Waals surface area contributed by atoms with Crippen LogP contribution in [0.25, 0.3) is 0 Å². The van der Waals surface area contributed by atoms with Gasteiger partial charge >= 0.3 is 11.9 Å². The van der Waals surface area contributed by atoms with E-state index in [0.29, 0.717) is 31.5 Å². The van der Waals surface area contributed by atoms with E-state index >= 15 is 0 Å². The van der Waals surface area contributed by atoms with Crippen LogP contribution >= 0.6 is 0 Å². The van der Waals surface area contributed by atoms with Crippen LogP contribution in [-0.2, 0) is 23.8 Å². The zero-order valence-electron chi connectivity index (χ0n) is 26.9. The summed E-state index contributed by atoms with van der Waals surface area (Å²) in [5.41, 5.74) is 0. The Balaban J connectivity index is 1.97. The highest BCUT2D eigenvalue weighted by atomic mass is 16.6. The Hall–Kier alpha value is -1.92. The van der Waals surface area contributed by atoms with Gasteiger partial charge in [0.2, 0.25) is 0 Å². The molecule has 1 fully saturated rings. The lowest BCUT2D eigenvalue weighted by Crippen LogP contribution is -2.28. The fraction of sp³-hybridized carbons (Fsp3) is 0.778. The molecular weight excluding hydrogens is 528 g/mol. The summed E-state index contributed by atoms with van der Waals surface area (Å²) in [5.74, 6) is -0.668. The molecule has 1 aliphatic rings. The third-order valence-electron chi connectivity index (χ3n) is 7.59. The highest BCUT2D eigenvalue weighted by Gasteiger charge is 2.35. The molecule has 0 radical (unpaired) electrons. The number of aliphatic hydroxyl groups excluding tert-OH is 1. The van der Waals surface area contributed by atoms with Gasteiger partial charge in [0.25, 0.3) is 0 Å². The summed E-state index contributed by atoms with van der Waals surface area (Å²) in [6.45, 7) is 4.01. The Morgan fingerprint density at radius 3 is 1.86 bits per heavy atom. The second-order valence-corrected chi connectivity index (χ2v) is 11.6. The van der Waals surface area contributed by atoms with E-state index < -0.39 is 6.10 Å². The van der Waals surface area contributed by atoms with E-state index in [2.05, 4.69) is 50.3 Å². The smallest absolute Gasteiger partial charge is 0.306 e. The van der Waals surface area contributed by atoms with Crippen molar-refractivity contribution in [3.63, 3.8) is 0 Å². The van der Waals surface area contributed by atoms with Crippen molar-refractivity contribution in [2.45, 2.75) is 167 Å². The number of unbranched alkanes of at least 4 members (excludes halogenated alkanes) is 13. The van der Waals surface area contributed by atoms with Crippen molar-refractivity contribution in [1.29, 1.82) is 0 Å². The summed E-state index contributed by atoms with van der Waals surface area (Å²) in [6, 6.07) is 0. The molecule has 0 bridgehead atoms. The first-order valence-corrected chi connectivity index (χ1v) is 17.2. The third kappa shape index (κ3) is 23.6. The molecule has 1 heterocycles. The van der Waals surface area contributed by atoms with Crippen molar-refractivity contribution < 1.29 is 28.9 Å². The summed E-state index contributed by atoms with van der Waals surface area (Å²) in [5, 5.41) is 9.50. The summed E-state index contributed by atoms with van der Waals surface area (Å²) in [6.07, 6.45) is 35.1. The summed E-state index contributed by atoms with van der Waals surface area (Å²) in [4.78, 5) is 24.1. The number of aliphatic hydroxyl groups is 1. The van der Waals surface area contributed by atoms with Crippen molar-refractivity contribution in [3.8, 4) is 0 Å². The van der Waals surface area contributed by atoms with Crippen LogP contribution in [0.1, 0.15) is 149 Å². The summed E-state index contributed by atoms with van der Waals surface area (Å²) in [7, 11) is 0. The maximum Gasteiger partial charge on any atom is 0.306 e. The molecule has 0 aromatic carbocycles. The second-order valence-electron chi connectivity index (χ2n) is 11.6. The van der Waals surface area contributed by atoms with Crippen LogP contribution in [0.3, 0.4) is 0 Å². The minimum absolute atomic E-state index is 0.0982. The van der Waals surface area contributed by atoms with E-state index in [1.807, 2.05) is 0 Å². The van der Waals surface area contributed by atoms with Gasteiger partial charge in [-0.1, -0.05) is 121 Å². The molecule has 0 saturated carbocycles. The highest BCUT2D eigenvalue weighted by molar-refractivity contribution is 5.70. The monoisotopic (exact) mass is 590 g/mol. The SMILES string of the molecule is CCCCC/C=C\C/C=C\CC1OC1C/C=C\CCCC(=O)OC[C@H](CO)OC(=O)CCCCCCCCCCCC. The molecule has 1 aliphatic heterocycles. The van der Waals surface area contributed by atoms with E-state index in [-0.39, 0.29) is 25.2 Å². The number of hydrogen-bond donors (Lipinski definition) is 1. The minimum Gasteiger partial charge on any atom is -0.462 e. The molecule has 0 amide bonds. The number of ether oxygens (including phenoxy) is 3. The average molecular weight is 591 g/mol. The minimum atomic E-state index is -0.794. The van der Waals surface area contributed by atoms with Gasteiger partial charge in [0, 0.05) is 12.8 Å². The normalized spacial score (nSPS) is 17.4. The van der Waals surface area contributed by atoms with Crippen molar-refractivity contribution in [2.24, 2.45) is 0 Å². The van der Waals surface area contributed by atoms with Gasteiger partial charge in [-0.2, -0.15) is 0 Å². The third-order valence-corrected chi connectivity index (χ3v) is 7.59. The number of carbonyl (C=O) groups excluding carboxylic acids is 2. The molecule has 6 nitrogen and oxygen atoms in total. The van der Waals surface area contributed by atoms with Gasteiger partial charge in [-0.05, 0) is 51.4 Å². The molecule has 2 unspecified atom stereocenters. The summed E-state index contributed by atoms with van der Waals surface area (Å²) < 4.78 is 16.2. The fourth-order valence-corrected chi connectivity index (χ4v) is 4.82. The van der Waals surface area contributed by atoms with Crippen molar-refractivity contribution in [1.82, 2.24) is 0 Å². The molecule has 1 saturated heterocycles. The molecule has 1 N–H and O–H groups in total. The first-order valence-electron chi connectivity index (χ1n) is 17.2. The Bertz CT molecular complexity index is 743. The molecule has 3 atom stereocenters. The number of esters is 2. The van der Waals surface area contributed by atoms with Crippen molar-refractivity contribution in [3.05, 3.63) is 36.5 Å². The predicted octanol–water partition coefficient (Wildman–Crippen LogP) is 9.10. The lowest BCUT2D eigenvalue weighted by molar-refractivity contribution is -0.161. The van der Waals surface area contributed by atoms with Crippen LogP contribution in [0.15, 0.2) is 36.5 Å². The van der Waals surface area contributed by atoms with Gasteiger partial charge in [0.15, 0.2) is 6.10 Å². The number of carbonyl (C=O) groups is 2. The molecular formula is C36H62O6. The van der Waals surface area contributed by atoms with Crippen molar-refractivity contribution in [2.75, 3.05) is 13.2 Å². The van der Waals surface area contributed by atoms with Crippen LogP contribution in [0.4, 0.5) is 0 Å². The van der Waals surface area contributed by atoms with E-state index in [0.717, 1.165) is 44.9 Å². The Morgan fingerprint density at radius 1 is 0.667 bits per heavy atom. The van der Waals surface area contributed by atoms with E-state index in [9.17, 15) is 14.7 Å². The second kappa shape index (κ2) is 27.9. The topological polar surface area (TPSA) is 85.4 Å². The standard InChI is InChI=1S/C36H62O6/c1-3-5-7-9-11-13-15-17-19-25-29-36(39)41-32(30-37)31-40-35(38)28-24-21-20-23-27-34-33(42-34)26-22-18-16-14-12-10-8-6-4-2/h12,14,18,20,22-23,32-34,37H,3-11,13,15-17,19,21,24-31H2,1-2H3/b14-12-,22-18-,23-20-/t32-,33?,34?/m0/s1. The number of hydrogen-bond acceptors (Lipinski definition) is 6. The van der Waals surface area contributed by atoms with Gasteiger partial charge in [-0.15, -0.1) is 0 Å². The number of rotatable bonds is 29. The molecule has 0 spiro atoms. The van der Waals surface area contributed by atoms with Crippen molar-refractivity contribution >= 4 is 11.9 Å². The maximum atomic E-state index is 12.1. The molecule has 0 aliphatic carbocycles. The molecule has 0 aromatic heterocycles. The van der Waals surface area contributed by atoms with Gasteiger partial charge in [0.05, 0.1) is 18.8 Å². The average Bonchev–Trinajstić information content (AvgIpc) is 3.74. The van der Waals surface area contributed by atoms with Gasteiger partial charge in [-0.25, -0.2) is 0 Å². The van der Waals surface area contributed by atoms with Crippen LogP contribution in [-0.4, -0.2) is 48.6 Å². The predicted molar refractivity (Wildman–Crippen MR) is 172 cm³/mol. The number of epoxide rings is 1. The van der Waals surface area contributed by atoms with E-state index in [1.54, 1.807) is 0 Å². The van der Waals surface area contributed by atoms with Gasteiger partial charge in [0.1, 0.15) is 6.61 Å². The quantitative estimate of drug-likeness (QED) is 0.0405. The maximum absolute atomic E-state index is 12.1. The van der Waals surface area contributed by atoms with E-state index in [4.69, 9.17) is 14.2 Å². The largest absolute Gasteiger partial charge is 0.462 e. The zero-order chi connectivity index (χ0) is 30.5. The fourth-order valence-electron chi connectivity index (χ4n) is 4.82. The molecule has 242 valence electrons. The molecule has 6 heteroatoms. The first kappa shape index (κ1) is 38.1. The molecule has 0 aromatic rings. The van der Waals surface area contributed by atoms with E-state index in [1.165, 1.54) is 70.6 Å². The Morgan fingerprint density at radius 2 is 1.19 bits per heavy atom. The highest BCUT2D eigenvalue weighted by Crippen LogP contribution is 2.29. The molecule has 42 heavy (non-hydrogen) atoms. The van der Waals surface area contributed by atoms with Crippen LogP contribution in [0.5, 0.6) is 0 Å².